The van der Waals surface area contributed by atoms with Crippen LogP contribution in [-0.2, 0) is 14.3 Å². The van der Waals surface area contributed by atoms with Crippen molar-refractivity contribution in [3.8, 4) is 11.4 Å². The first-order valence-corrected chi connectivity index (χ1v) is 11.9. The number of benzene rings is 1. The van der Waals surface area contributed by atoms with Gasteiger partial charge in [-0.15, -0.1) is 0 Å². The molecule has 13 heteroatoms. The molecule has 12 nitrogen and oxygen atoms in total. The number of nitrogens with one attached hydrogen (secondary N) is 1. The Labute approximate surface area is 208 Å². The Morgan fingerprint density at radius 3 is 2.75 bits per heavy atom. The quantitative estimate of drug-likeness (QED) is 0.223. The van der Waals surface area contributed by atoms with Crippen molar-refractivity contribution >= 4 is 51.5 Å². The number of carbonyl (C=O) groups is 3. The van der Waals surface area contributed by atoms with E-state index in [4.69, 9.17) is 4.52 Å². The fraction of sp³-hybridized carbons (Fsp3) is 0.304. The van der Waals surface area contributed by atoms with Crippen molar-refractivity contribution in [3.63, 3.8) is 0 Å². The zero-order valence-corrected chi connectivity index (χ0v) is 20.4. The molecule has 5 rings (SSSR count). The summed E-state index contributed by atoms with van der Waals surface area (Å²) < 4.78 is 9.48. The lowest BCUT2D eigenvalue weighted by atomic mass is 9.79. The lowest BCUT2D eigenvalue weighted by molar-refractivity contribution is -0.125. The van der Waals surface area contributed by atoms with E-state index in [0.717, 1.165) is 27.8 Å². The van der Waals surface area contributed by atoms with Crippen molar-refractivity contribution in [1.29, 1.82) is 0 Å². The fourth-order valence-corrected chi connectivity index (χ4v) is 4.96. The van der Waals surface area contributed by atoms with Crippen LogP contribution in [0.1, 0.15) is 34.1 Å². The minimum absolute atomic E-state index is 0.0534. The van der Waals surface area contributed by atoms with Crippen LogP contribution >= 0.6 is 11.3 Å². The third-order valence-electron chi connectivity index (χ3n) is 5.99. The van der Waals surface area contributed by atoms with E-state index in [0.29, 0.717) is 41.2 Å². The van der Waals surface area contributed by atoms with Crippen molar-refractivity contribution in [1.82, 2.24) is 25.1 Å². The highest BCUT2D eigenvalue weighted by atomic mass is 32.1. The van der Waals surface area contributed by atoms with Crippen LogP contribution in [0.3, 0.4) is 0 Å². The van der Waals surface area contributed by atoms with Gasteiger partial charge in [-0.3, -0.25) is 14.5 Å². The molecule has 184 valence electrons. The SMILES string of the molecule is Cc1nc(-c2ccc3ncnc(NC4CC(C(=O)N(C)c5nc(C)c(C(=O)OC=O)s5)C4)c3c2)no1. The first kappa shape index (κ1) is 23.5. The zero-order valence-electron chi connectivity index (χ0n) is 19.6. The van der Waals surface area contributed by atoms with Crippen LogP contribution in [0.2, 0.25) is 0 Å². The van der Waals surface area contributed by atoms with Crippen LogP contribution in [-0.4, -0.2) is 56.5 Å². The number of anilines is 2. The Bertz CT molecular complexity index is 1480. The summed E-state index contributed by atoms with van der Waals surface area (Å²) in [6.45, 7) is 3.43. The Balaban J connectivity index is 1.26. The third kappa shape index (κ3) is 4.40. The molecule has 0 saturated heterocycles. The summed E-state index contributed by atoms with van der Waals surface area (Å²) in [6, 6.07) is 5.72. The molecular formula is C23H21N7O5S. The van der Waals surface area contributed by atoms with E-state index >= 15 is 0 Å². The summed E-state index contributed by atoms with van der Waals surface area (Å²) >= 11 is 1.01. The van der Waals surface area contributed by atoms with E-state index in [1.54, 1.807) is 20.9 Å². The lowest BCUT2D eigenvalue weighted by Gasteiger charge is -2.36. The Hall–Kier alpha value is -4.26. The van der Waals surface area contributed by atoms with Gasteiger partial charge in [-0.2, -0.15) is 4.98 Å². The van der Waals surface area contributed by atoms with E-state index in [2.05, 4.69) is 35.1 Å². The second-order valence-electron chi connectivity index (χ2n) is 8.41. The van der Waals surface area contributed by atoms with Crippen LogP contribution in [0.4, 0.5) is 10.9 Å². The molecule has 0 spiro atoms. The molecule has 1 aliphatic carbocycles. The predicted molar refractivity (Wildman–Crippen MR) is 129 cm³/mol. The molecule has 3 heterocycles. The molecule has 36 heavy (non-hydrogen) atoms. The monoisotopic (exact) mass is 507 g/mol. The number of amides is 1. The standard InChI is InChI=1S/C23H21N7O5S/c1-11-18(22(33)34-10-31)36-23(26-11)30(3)21(32)14-6-15(7-14)28-20-16-8-13(19-27-12(2)35-29-19)4-5-17(16)24-9-25-20/h4-5,8-10,14-15H,6-7H2,1-3H3,(H,24,25,28). The van der Waals surface area contributed by atoms with Crippen LogP contribution in [0.25, 0.3) is 22.3 Å². The average molecular weight is 508 g/mol. The Morgan fingerprint density at radius 1 is 1.22 bits per heavy atom. The van der Waals surface area contributed by atoms with Gasteiger partial charge in [-0.1, -0.05) is 16.5 Å². The second kappa shape index (κ2) is 9.41. The number of fused-ring (bicyclic) bond motifs is 1. The van der Waals surface area contributed by atoms with Gasteiger partial charge < -0.3 is 14.6 Å². The molecule has 1 aliphatic rings. The van der Waals surface area contributed by atoms with E-state index < -0.39 is 5.97 Å². The smallest absolute Gasteiger partial charge is 0.357 e. The van der Waals surface area contributed by atoms with Gasteiger partial charge >= 0.3 is 12.4 Å². The van der Waals surface area contributed by atoms with Crippen LogP contribution in [0.15, 0.2) is 29.0 Å². The average Bonchev–Trinajstić information content (AvgIpc) is 3.45. The van der Waals surface area contributed by atoms with Crippen LogP contribution in [0.5, 0.6) is 0 Å². The van der Waals surface area contributed by atoms with Gasteiger partial charge in [-0.05, 0) is 38.0 Å². The second-order valence-corrected chi connectivity index (χ2v) is 9.39. The number of nitrogens with zero attached hydrogens (tertiary/aromatic N) is 6. The topological polar surface area (TPSA) is 153 Å². The molecule has 0 radical (unpaired) electrons. The normalized spacial score (nSPS) is 16.9. The highest BCUT2D eigenvalue weighted by molar-refractivity contribution is 7.17. The summed E-state index contributed by atoms with van der Waals surface area (Å²) in [7, 11) is 1.62. The Morgan fingerprint density at radius 2 is 2.03 bits per heavy atom. The summed E-state index contributed by atoms with van der Waals surface area (Å²) in [5.41, 5.74) is 1.96. The van der Waals surface area contributed by atoms with Gasteiger partial charge in [0, 0.05) is 36.9 Å². The number of hydrogen-bond donors (Lipinski definition) is 1. The molecule has 0 unspecified atom stereocenters. The minimum Gasteiger partial charge on any atom is -0.391 e. The first-order chi connectivity index (χ1) is 17.3. The first-order valence-electron chi connectivity index (χ1n) is 11.1. The van der Waals surface area contributed by atoms with Gasteiger partial charge in [0.2, 0.25) is 17.6 Å². The fourth-order valence-electron chi connectivity index (χ4n) is 4.04. The summed E-state index contributed by atoms with van der Waals surface area (Å²) in [5.74, 6) is 0.553. The minimum atomic E-state index is -0.783. The maximum Gasteiger partial charge on any atom is 0.357 e. The van der Waals surface area contributed by atoms with Crippen molar-refractivity contribution in [3.05, 3.63) is 41.0 Å². The van der Waals surface area contributed by atoms with E-state index in [1.807, 2.05) is 18.2 Å². The number of carbonyl (C=O) groups excluding carboxylic acids is 3. The number of thiazole rings is 1. The number of aromatic nitrogens is 5. The maximum atomic E-state index is 13.0. The van der Waals surface area contributed by atoms with E-state index in [9.17, 15) is 14.4 Å². The summed E-state index contributed by atoms with van der Waals surface area (Å²) in [4.78, 5) is 54.3. The predicted octanol–water partition coefficient (Wildman–Crippen LogP) is 2.92. The molecule has 3 aromatic heterocycles. The van der Waals surface area contributed by atoms with Gasteiger partial charge in [-0.25, -0.2) is 19.7 Å². The molecule has 1 saturated carbocycles. The third-order valence-corrected chi connectivity index (χ3v) is 7.21. The molecular weight excluding hydrogens is 486 g/mol. The highest BCUT2D eigenvalue weighted by Gasteiger charge is 2.37. The van der Waals surface area contributed by atoms with Crippen molar-refractivity contribution in [2.45, 2.75) is 32.7 Å². The van der Waals surface area contributed by atoms with Crippen molar-refractivity contribution < 1.29 is 23.6 Å². The summed E-state index contributed by atoms with van der Waals surface area (Å²) in [6.07, 6.45) is 2.72. The molecule has 4 aromatic rings. The lowest BCUT2D eigenvalue weighted by Crippen LogP contribution is -2.45. The molecule has 0 bridgehead atoms. The van der Waals surface area contributed by atoms with E-state index in [-0.39, 0.29) is 29.2 Å². The Kier molecular flexibility index (Phi) is 6.14. The number of ether oxygens (including phenoxy) is 1. The molecule has 0 aliphatic heterocycles. The number of rotatable bonds is 7. The van der Waals surface area contributed by atoms with Crippen LogP contribution < -0.4 is 10.2 Å². The van der Waals surface area contributed by atoms with Crippen molar-refractivity contribution in [2.24, 2.45) is 5.92 Å². The van der Waals surface area contributed by atoms with Crippen molar-refractivity contribution in [2.75, 3.05) is 17.3 Å². The molecule has 1 fully saturated rings. The number of aryl methyl sites for hydroxylation is 2. The summed E-state index contributed by atoms with van der Waals surface area (Å²) in [5, 5.41) is 8.58. The zero-order chi connectivity index (χ0) is 25.4. The number of hydrogen-bond acceptors (Lipinski definition) is 12. The molecule has 0 atom stereocenters. The molecule has 1 N–H and O–H groups in total. The van der Waals surface area contributed by atoms with Crippen LogP contribution in [0, 0.1) is 19.8 Å². The highest BCUT2D eigenvalue weighted by Crippen LogP contribution is 2.35. The van der Waals surface area contributed by atoms with Gasteiger partial charge in [0.25, 0.3) is 0 Å². The largest absolute Gasteiger partial charge is 0.391 e. The number of esters is 1. The van der Waals surface area contributed by atoms with Gasteiger partial charge in [0.1, 0.15) is 17.0 Å². The molecule has 1 aromatic carbocycles. The van der Waals surface area contributed by atoms with E-state index in [1.165, 1.54) is 11.2 Å². The molecule has 1 amide bonds. The maximum absolute atomic E-state index is 13.0. The van der Waals surface area contributed by atoms with Gasteiger partial charge in [0.15, 0.2) is 5.13 Å². The van der Waals surface area contributed by atoms with Gasteiger partial charge in [0.05, 0.1) is 11.2 Å².